The molecule has 5 aromatic rings. The molecule has 3 aromatic carbocycles. The Hall–Kier alpha value is -3.25. The lowest BCUT2D eigenvalue weighted by atomic mass is 9.98. The third-order valence-corrected chi connectivity index (χ3v) is 9.80. The van der Waals surface area contributed by atoms with Crippen molar-refractivity contribution in [3.63, 3.8) is 0 Å². The van der Waals surface area contributed by atoms with Gasteiger partial charge >= 0.3 is 11.9 Å². The second-order valence-electron chi connectivity index (χ2n) is 11.4. The Morgan fingerprint density at radius 2 is 1.27 bits per heavy atom. The van der Waals surface area contributed by atoms with Gasteiger partial charge in [-0.25, -0.2) is 14.8 Å². The number of thioether (sulfide) groups is 2. The molecule has 49 heavy (non-hydrogen) atoms. The highest BCUT2D eigenvalue weighted by Crippen LogP contribution is 2.30. The Labute approximate surface area is 312 Å². The van der Waals surface area contributed by atoms with Crippen molar-refractivity contribution in [2.24, 2.45) is 0 Å². The van der Waals surface area contributed by atoms with E-state index < -0.39 is 11.6 Å². The van der Waals surface area contributed by atoms with Gasteiger partial charge in [0.1, 0.15) is 17.7 Å². The van der Waals surface area contributed by atoms with E-state index in [0.717, 1.165) is 52.1 Å². The molecule has 7 nitrogen and oxygen atoms in total. The Balaban J connectivity index is 0.000000244. The van der Waals surface area contributed by atoms with Crippen molar-refractivity contribution in [2.75, 3.05) is 18.1 Å². The summed E-state index contributed by atoms with van der Waals surface area (Å²) in [5.74, 6) is 0.465. The van der Waals surface area contributed by atoms with Crippen molar-refractivity contribution in [3.8, 4) is 0 Å². The first kappa shape index (κ1) is 38.6. The smallest absolute Gasteiger partial charge is 0.358 e. The number of nitrogens with zero attached hydrogens (tertiary/aromatic N) is 2. The number of carbonyl (C=O) groups is 3. The number of carbonyl (C=O) groups excluding carboxylic acids is 3. The van der Waals surface area contributed by atoms with Crippen LogP contribution < -0.4 is 0 Å². The molecular weight excluding hydrogens is 788 g/mol. The number of hydrogen-bond acceptors (Lipinski definition) is 9. The number of aromatic nitrogens is 2. The molecule has 0 unspecified atom stereocenters. The average Bonchev–Trinajstić information content (AvgIpc) is 3.05. The number of Topliss-reactive ketones (excluding diaryl/α,β-unsaturated/α-hetero) is 1. The number of ether oxygens (including phenoxy) is 2. The third kappa shape index (κ3) is 11.1. The summed E-state index contributed by atoms with van der Waals surface area (Å²) in [6, 6.07) is 25.4. The first-order valence-corrected chi connectivity index (χ1v) is 19.4. The van der Waals surface area contributed by atoms with Crippen LogP contribution in [0.25, 0.3) is 21.8 Å². The quantitative estimate of drug-likeness (QED) is 0.0527. The zero-order chi connectivity index (χ0) is 35.6. The van der Waals surface area contributed by atoms with Crippen LogP contribution in [0, 0.1) is 0 Å². The summed E-state index contributed by atoms with van der Waals surface area (Å²) in [5, 5.41) is 1.98. The molecule has 0 fully saturated rings. The molecule has 0 saturated heterocycles. The van der Waals surface area contributed by atoms with Gasteiger partial charge in [0.05, 0.1) is 17.6 Å². The molecule has 0 amide bonds. The van der Waals surface area contributed by atoms with Crippen molar-refractivity contribution in [2.45, 2.75) is 62.9 Å². The fourth-order valence-electron chi connectivity index (χ4n) is 5.00. The van der Waals surface area contributed by atoms with Gasteiger partial charge in [0.25, 0.3) is 0 Å². The molecule has 2 heterocycles. The summed E-state index contributed by atoms with van der Waals surface area (Å²) >= 11 is 10.00. The summed E-state index contributed by atoms with van der Waals surface area (Å²) in [6.07, 6.45) is 0.245. The first-order valence-electron chi connectivity index (χ1n) is 15.8. The van der Waals surface area contributed by atoms with E-state index in [1.165, 1.54) is 0 Å². The van der Waals surface area contributed by atoms with E-state index in [2.05, 4.69) is 41.8 Å². The number of rotatable bonds is 12. The maximum Gasteiger partial charge on any atom is 0.358 e. The number of hydrogen-bond donors (Lipinski definition) is 0. The van der Waals surface area contributed by atoms with Gasteiger partial charge in [-0.05, 0) is 74.2 Å². The number of esters is 2. The van der Waals surface area contributed by atoms with Crippen molar-refractivity contribution < 1.29 is 23.9 Å². The molecule has 0 aliphatic heterocycles. The molecule has 0 radical (unpaired) electrons. The van der Waals surface area contributed by atoms with E-state index in [-0.39, 0.29) is 18.2 Å². The fraction of sp³-hybridized carbons (Fsp3) is 0.289. The highest BCUT2D eigenvalue weighted by Gasteiger charge is 2.26. The predicted molar refractivity (Wildman–Crippen MR) is 207 cm³/mol. The Morgan fingerprint density at radius 3 is 1.80 bits per heavy atom. The van der Waals surface area contributed by atoms with E-state index in [0.29, 0.717) is 29.9 Å². The second-order valence-corrected chi connectivity index (χ2v) is 15.9. The molecule has 0 atom stereocenters. The van der Waals surface area contributed by atoms with E-state index in [1.807, 2.05) is 107 Å². The minimum absolute atomic E-state index is 0.324. The number of ketones is 1. The zero-order valence-corrected chi connectivity index (χ0v) is 32.9. The van der Waals surface area contributed by atoms with Crippen LogP contribution >= 0.6 is 55.4 Å². The Bertz CT molecular complexity index is 1950. The van der Waals surface area contributed by atoms with E-state index in [1.54, 1.807) is 30.4 Å². The predicted octanol–water partition coefficient (Wildman–Crippen LogP) is 10.5. The Kier molecular flexibility index (Phi) is 14.3. The lowest BCUT2D eigenvalue weighted by molar-refractivity contribution is -0.155. The van der Waals surface area contributed by atoms with Gasteiger partial charge in [-0.15, -0.1) is 23.5 Å². The zero-order valence-electron chi connectivity index (χ0n) is 28.0. The van der Waals surface area contributed by atoms with Crippen LogP contribution in [-0.4, -0.2) is 51.4 Å². The standard InChI is InChI=1S/C24H24BrNO3S.C14H14BrNO2S/c1-4-30-21-12-17-10-11-18(25)13-19(17)26-23(21)20(27)14-22(28)29-24(2,3)15-16-8-6-5-7-9-16;1-3-18-14(17)13-12(19-4-2)7-9-5-6-10(15)8-11(9)16-13/h5-13H,4,14-15H2,1-3H3;5-8H,3-4H2,1-2H3. The van der Waals surface area contributed by atoms with Gasteiger partial charge in [-0.1, -0.05) is 88.2 Å². The fourth-order valence-corrected chi connectivity index (χ4v) is 7.30. The number of benzene rings is 3. The van der Waals surface area contributed by atoms with Crippen LogP contribution in [0.5, 0.6) is 0 Å². The molecule has 11 heteroatoms. The summed E-state index contributed by atoms with van der Waals surface area (Å²) < 4.78 is 12.5. The van der Waals surface area contributed by atoms with Gasteiger partial charge < -0.3 is 9.47 Å². The first-order chi connectivity index (χ1) is 23.4. The molecule has 0 saturated carbocycles. The molecule has 0 spiro atoms. The molecule has 0 aliphatic rings. The van der Waals surface area contributed by atoms with Crippen LogP contribution in [0.1, 0.15) is 67.6 Å². The van der Waals surface area contributed by atoms with E-state index in [4.69, 9.17) is 9.47 Å². The Morgan fingerprint density at radius 1 is 0.735 bits per heavy atom. The molecule has 5 rings (SSSR count). The topological polar surface area (TPSA) is 95.5 Å². The third-order valence-electron chi connectivity index (χ3n) is 6.99. The van der Waals surface area contributed by atoms with Crippen LogP contribution in [-0.2, 0) is 20.7 Å². The van der Waals surface area contributed by atoms with Crippen LogP contribution in [0.15, 0.2) is 97.6 Å². The SMILES string of the molecule is CCOC(=O)c1nc2cc(Br)ccc2cc1SCC.CCSc1cc2ccc(Br)cc2nc1C(=O)CC(=O)OC(C)(C)Cc1ccccc1. The minimum Gasteiger partial charge on any atom is -0.461 e. The summed E-state index contributed by atoms with van der Waals surface area (Å²) in [6.45, 7) is 9.92. The minimum atomic E-state index is -0.707. The average molecular weight is 827 g/mol. The lowest BCUT2D eigenvalue weighted by Gasteiger charge is -2.25. The van der Waals surface area contributed by atoms with Crippen molar-refractivity contribution >= 4 is 94.9 Å². The molecule has 0 N–H and O–H groups in total. The maximum absolute atomic E-state index is 12.9. The highest BCUT2D eigenvalue weighted by molar-refractivity contribution is 9.10. The van der Waals surface area contributed by atoms with Crippen LogP contribution in [0.2, 0.25) is 0 Å². The molecule has 0 bridgehead atoms. The molecular formula is C38H38Br2N2O5S2. The number of pyridine rings is 2. The number of halogens is 2. The summed E-state index contributed by atoms with van der Waals surface area (Å²) in [5.41, 5.74) is 2.60. The summed E-state index contributed by atoms with van der Waals surface area (Å²) in [7, 11) is 0. The van der Waals surface area contributed by atoms with Crippen LogP contribution in [0.3, 0.4) is 0 Å². The molecule has 0 aliphatic carbocycles. The second kappa shape index (κ2) is 18.1. The van der Waals surface area contributed by atoms with Gasteiger partial charge in [0.2, 0.25) is 0 Å². The highest BCUT2D eigenvalue weighted by atomic mass is 79.9. The monoisotopic (exact) mass is 824 g/mol. The molecule has 2 aromatic heterocycles. The number of fused-ring (bicyclic) bond motifs is 2. The lowest BCUT2D eigenvalue weighted by Crippen LogP contribution is -2.31. The van der Waals surface area contributed by atoms with Crippen molar-refractivity contribution in [1.82, 2.24) is 9.97 Å². The van der Waals surface area contributed by atoms with Gasteiger partial charge in [0, 0.05) is 35.9 Å². The van der Waals surface area contributed by atoms with E-state index >= 15 is 0 Å². The maximum atomic E-state index is 12.9. The van der Waals surface area contributed by atoms with Crippen molar-refractivity contribution in [3.05, 3.63) is 105 Å². The normalized spacial score (nSPS) is 11.2. The molecule has 256 valence electrons. The van der Waals surface area contributed by atoms with Gasteiger partial charge in [0.15, 0.2) is 11.5 Å². The largest absolute Gasteiger partial charge is 0.461 e. The van der Waals surface area contributed by atoms with Crippen LogP contribution in [0.4, 0.5) is 0 Å². The van der Waals surface area contributed by atoms with E-state index in [9.17, 15) is 14.4 Å². The summed E-state index contributed by atoms with van der Waals surface area (Å²) in [4.78, 5) is 48.1. The van der Waals surface area contributed by atoms with Gasteiger partial charge in [-0.3, -0.25) is 9.59 Å². The van der Waals surface area contributed by atoms with Gasteiger partial charge in [-0.2, -0.15) is 0 Å². The van der Waals surface area contributed by atoms with Crippen molar-refractivity contribution in [1.29, 1.82) is 0 Å².